The van der Waals surface area contributed by atoms with Crippen LogP contribution in [0.5, 0.6) is 0 Å². The van der Waals surface area contributed by atoms with Gasteiger partial charge in [0.2, 0.25) is 0 Å². The monoisotopic (exact) mass is 240 g/mol. The normalized spacial score (nSPS) is 10.3. The van der Waals surface area contributed by atoms with Crippen LogP contribution in [-0.2, 0) is 0 Å². The molecule has 0 spiro atoms. The maximum atomic E-state index is 8.92. The molecule has 2 heterocycles. The van der Waals surface area contributed by atoms with E-state index >= 15 is 0 Å². The number of hydrogen-bond donors (Lipinski definition) is 2. The lowest BCUT2D eigenvalue weighted by Gasteiger charge is -2.02. The molecule has 0 radical (unpaired) electrons. The highest BCUT2D eigenvalue weighted by Crippen LogP contribution is 2.20. The Balaban J connectivity index is 2.42. The van der Waals surface area contributed by atoms with Gasteiger partial charge in [-0.15, -0.1) is 11.3 Å². The number of rotatable bonds is 2. The summed E-state index contributed by atoms with van der Waals surface area (Å²) in [6.45, 7) is 0. The van der Waals surface area contributed by atoms with Crippen LogP contribution in [0, 0.1) is 0 Å². The van der Waals surface area contributed by atoms with Gasteiger partial charge in [0.05, 0.1) is 4.88 Å². The minimum Gasteiger partial charge on any atom is -0.423 e. The van der Waals surface area contributed by atoms with Crippen molar-refractivity contribution in [1.29, 1.82) is 0 Å². The van der Waals surface area contributed by atoms with Crippen LogP contribution in [0.1, 0.15) is 0 Å². The van der Waals surface area contributed by atoms with Gasteiger partial charge in [-0.2, -0.15) is 0 Å². The molecule has 0 aromatic carbocycles. The average molecular weight is 240 g/mol. The molecule has 2 N–H and O–H groups in total. The molecule has 0 atom stereocenters. The predicted molar refractivity (Wildman–Crippen MR) is 60.2 cm³/mol. The summed E-state index contributed by atoms with van der Waals surface area (Å²) in [7, 11) is -1.64. The molecule has 2 aromatic heterocycles. The first kappa shape index (κ1) is 10.6. The van der Waals surface area contributed by atoms with E-state index in [1.54, 1.807) is 0 Å². The Labute approximate surface area is 95.4 Å². The van der Waals surface area contributed by atoms with Crippen LogP contribution in [0.3, 0.4) is 0 Å². The molecule has 0 aliphatic heterocycles. The zero-order valence-electron chi connectivity index (χ0n) is 7.46. The number of hydrogen-bond acceptors (Lipinski definition) is 5. The zero-order valence-corrected chi connectivity index (χ0v) is 9.03. The first-order chi connectivity index (χ1) is 7.18. The predicted octanol–water partition coefficient (Wildman–Crippen LogP) is 0.538. The molecule has 15 heavy (non-hydrogen) atoms. The van der Waals surface area contributed by atoms with Crippen LogP contribution in [0.25, 0.3) is 10.7 Å². The zero-order chi connectivity index (χ0) is 10.8. The SMILES string of the molecule is OB(O)c1cnc(-c2cccs2)nc1Cl. The van der Waals surface area contributed by atoms with Crippen LogP contribution in [0.2, 0.25) is 5.15 Å². The van der Waals surface area contributed by atoms with E-state index in [9.17, 15) is 0 Å². The molecule has 2 rings (SSSR count). The summed E-state index contributed by atoms with van der Waals surface area (Å²) in [6, 6.07) is 3.75. The Morgan fingerprint density at radius 1 is 1.40 bits per heavy atom. The summed E-state index contributed by atoms with van der Waals surface area (Å²) in [6.07, 6.45) is 1.31. The maximum Gasteiger partial charge on any atom is 0.493 e. The molecule has 2 aromatic rings. The first-order valence-electron chi connectivity index (χ1n) is 4.11. The molecule has 76 valence electrons. The summed E-state index contributed by atoms with van der Waals surface area (Å²) in [5.74, 6) is 0.486. The third-order valence-corrected chi connectivity index (χ3v) is 2.96. The Hall–Kier alpha value is -0.945. The second-order valence-corrected chi connectivity index (χ2v) is 4.10. The molecular weight excluding hydrogens is 234 g/mol. The fourth-order valence-electron chi connectivity index (χ4n) is 1.07. The maximum absolute atomic E-state index is 8.92. The highest BCUT2D eigenvalue weighted by molar-refractivity contribution is 7.13. The summed E-state index contributed by atoms with van der Waals surface area (Å²) in [5, 5.41) is 19.8. The number of aromatic nitrogens is 2. The molecule has 7 heteroatoms. The minimum atomic E-state index is -1.64. The number of halogens is 1. The molecule has 4 nitrogen and oxygen atoms in total. The highest BCUT2D eigenvalue weighted by Gasteiger charge is 2.17. The Bertz CT molecular complexity index is 464. The van der Waals surface area contributed by atoms with E-state index in [2.05, 4.69) is 9.97 Å². The topological polar surface area (TPSA) is 66.2 Å². The van der Waals surface area contributed by atoms with Crippen molar-refractivity contribution in [3.05, 3.63) is 28.9 Å². The molecule has 0 unspecified atom stereocenters. The first-order valence-corrected chi connectivity index (χ1v) is 5.36. The van der Waals surface area contributed by atoms with Gasteiger partial charge < -0.3 is 10.0 Å². The van der Waals surface area contributed by atoms with Crippen molar-refractivity contribution in [3.8, 4) is 10.7 Å². The van der Waals surface area contributed by atoms with Crippen molar-refractivity contribution in [1.82, 2.24) is 9.97 Å². The highest BCUT2D eigenvalue weighted by atomic mass is 35.5. The Morgan fingerprint density at radius 2 is 2.20 bits per heavy atom. The van der Waals surface area contributed by atoms with Crippen LogP contribution in [0.4, 0.5) is 0 Å². The fourth-order valence-corrected chi connectivity index (χ4v) is 1.96. The van der Waals surface area contributed by atoms with Gasteiger partial charge in [-0.3, -0.25) is 0 Å². The molecule has 0 saturated heterocycles. The smallest absolute Gasteiger partial charge is 0.423 e. The molecule has 0 aliphatic rings. The van der Waals surface area contributed by atoms with Crippen molar-refractivity contribution < 1.29 is 10.0 Å². The van der Waals surface area contributed by atoms with E-state index in [1.165, 1.54) is 17.5 Å². The van der Waals surface area contributed by atoms with Crippen molar-refractivity contribution >= 4 is 35.5 Å². The van der Waals surface area contributed by atoms with E-state index in [0.29, 0.717) is 5.82 Å². The molecule has 0 amide bonds. The Morgan fingerprint density at radius 3 is 2.73 bits per heavy atom. The van der Waals surface area contributed by atoms with Crippen LogP contribution in [-0.4, -0.2) is 27.1 Å². The largest absolute Gasteiger partial charge is 0.493 e. The third-order valence-electron chi connectivity index (χ3n) is 1.79. The lowest BCUT2D eigenvalue weighted by atomic mass is 9.83. The molecule has 0 bridgehead atoms. The van der Waals surface area contributed by atoms with Crippen molar-refractivity contribution in [3.63, 3.8) is 0 Å². The van der Waals surface area contributed by atoms with Gasteiger partial charge in [0.1, 0.15) is 5.15 Å². The summed E-state index contributed by atoms with van der Waals surface area (Å²) in [4.78, 5) is 8.86. The second-order valence-electron chi connectivity index (χ2n) is 2.79. The van der Waals surface area contributed by atoms with Gasteiger partial charge in [-0.25, -0.2) is 9.97 Å². The van der Waals surface area contributed by atoms with Crippen molar-refractivity contribution in [2.24, 2.45) is 0 Å². The van der Waals surface area contributed by atoms with Crippen LogP contribution in [0.15, 0.2) is 23.7 Å². The van der Waals surface area contributed by atoms with E-state index in [0.717, 1.165) is 4.88 Å². The average Bonchev–Trinajstić information content (AvgIpc) is 2.69. The van der Waals surface area contributed by atoms with Gasteiger partial charge in [0, 0.05) is 11.7 Å². The van der Waals surface area contributed by atoms with E-state index in [4.69, 9.17) is 21.6 Å². The van der Waals surface area contributed by atoms with E-state index in [-0.39, 0.29) is 10.6 Å². The quantitative estimate of drug-likeness (QED) is 0.594. The molecule has 0 aliphatic carbocycles. The lowest BCUT2D eigenvalue weighted by molar-refractivity contribution is 0.425. The van der Waals surface area contributed by atoms with E-state index < -0.39 is 7.12 Å². The molecular formula is C8H6BClN2O2S. The van der Waals surface area contributed by atoms with Crippen molar-refractivity contribution in [2.45, 2.75) is 0 Å². The molecule has 0 saturated carbocycles. The minimum absolute atomic E-state index is 0.0587. The van der Waals surface area contributed by atoms with Gasteiger partial charge in [0.25, 0.3) is 0 Å². The van der Waals surface area contributed by atoms with Gasteiger partial charge in [-0.1, -0.05) is 17.7 Å². The summed E-state index contributed by atoms with van der Waals surface area (Å²) < 4.78 is 0. The van der Waals surface area contributed by atoms with Gasteiger partial charge in [-0.05, 0) is 11.4 Å². The van der Waals surface area contributed by atoms with Crippen LogP contribution >= 0.6 is 22.9 Å². The number of nitrogens with zero attached hydrogens (tertiary/aromatic N) is 2. The third kappa shape index (κ3) is 2.18. The second kappa shape index (κ2) is 4.28. The van der Waals surface area contributed by atoms with Gasteiger partial charge >= 0.3 is 7.12 Å². The number of thiophene rings is 1. The van der Waals surface area contributed by atoms with Gasteiger partial charge in [0.15, 0.2) is 5.82 Å². The summed E-state index contributed by atoms with van der Waals surface area (Å²) >= 11 is 7.27. The fraction of sp³-hybridized carbons (Fsp3) is 0. The standard InChI is InChI=1S/C8H6BClN2O2S/c10-7-5(9(13)14)4-11-8(12-7)6-2-1-3-15-6/h1-4,13-14H. The van der Waals surface area contributed by atoms with Crippen LogP contribution < -0.4 is 5.46 Å². The molecule has 0 fully saturated rings. The lowest BCUT2D eigenvalue weighted by Crippen LogP contribution is -2.32. The summed E-state index contributed by atoms with van der Waals surface area (Å²) in [5.41, 5.74) is 0.108. The Kier molecular flexibility index (Phi) is 3.02. The van der Waals surface area contributed by atoms with E-state index in [1.807, 2.05) is 17.5 Å². The van der Waals surface area contributed by atoms with Crippen molar-refractivity contribution in [2.75, 3.05) is 0 Å².